The number of aliphatic carboxylic acids is 1. The van der Waals surface area contributed by atoms with Gasteiger partial charge in [-0.05, 0) is 38.0 Å². The SMILES string of the molecule is CCOc1ccc(Br)cc1C(=O)C1CCCC1C(=O)O. The van der Waals surface area contributed by atoms with Crippen molar-refractivity contribution in [2.45, 2.75) is 26.2 Å². The Morgan fingerprint density at radius 1 is 1.35 bits per heavy atom. The normalized spacial score (nSPS) is 21.7. The highest BCUT2D eigenvalue weighted by Crippen LogP contribution is 2.37. The van der Waals surface area contributed by atoms with Gasteiger partial charge in [0.1, 0.15) is 5.75 Å². The van der Waals surface area contributed by atoms with Crippen molar-refractivity contribution in [1.82, 2.24) is 0 Å². The van der Waals surface area contributed by atoms with Crippen LogP contribution in [0.4, 0.5) is 0 Å². The summed E-state index contributed by atoms with van der Waals surface area (Å²) >= 11 is 3.34. The monoisotopic (exact) mass is 340 g/mol. The Kier molecular flexibility index (Phi) is 4.81. The van der Waals surface area contributed by atoms with E-state index in [0.717, 1.165) is 10.9 Å². The van der Waals surface area contributed by atoms with Crippen LogP contribution in [0.5, 0.6) is 5.75 Å². The molecule has 0 amide bonds. The molecule has 4 nitrogen and oxygen atoms in total. The zero-order chi connectivity index (χ0) is 14.7. The smallest absolute Gasteiger partial charge is 0.307 e. The van der Waals surface area contributed by atoms with E-state index in [1.165, 1.54) is 0 Å². The van der Waals surface area contributed by atoms with Crippen LogP contribution in [0.15, 0.2) is 22.7 Å². The van der Waals surface area contributed by atoms with Gasteiger partial charge in [0.25, 0.3) is 0 Å². The summed E-state index contributed by atoms with van der Waals surface area (Å²) in [7, 11) is 0. The first kappa shape index (κ1) is 15.0. The average molecular weight is 341 g/mol. The lowest BCUT2D eigenvalue weighted by atomic mass is 9.88. The molecule has 2 atom stereocenters. The number of ether oxygens (including phenoxy) is 1. The molecule has 0 aromatic heterocycles. The molecule has 108 valence electrons. The van der Waals surface area contributed by atoms with Gasteiger partial charge in [-0.2, -0.15) is 0 Å². The van der Waals surface area contributed by atoms with E-state index in [2.05, 4.69) is 15.9 Å². The topological polar surface area (TPSA) is 63.6 Å². The van der Waals surface area contributed by atoms with Crippen LogP contribution in [-0.2, 0) is 4.79 Å². The van der Waals surface area contributed by atoms with E-state index in [4.69, 9.17) is 4.74 Å². The summed E-state index contributed by atoms with van der Waals surface area (Å²) in [6.45, 7) is 2.32. The van der Waals surface area contributed by atoms with E-state index in [9.17, 15) is 14.7 Å². The Balaban J connectivity index is 2.32. The third-order valence-corrected chi connectivity index (χ3v) is 4.17. The molecule has 1 aliphatic carbocycles. The van der Waals surface area contributed by atoms with Gasteiger partial charge in [0.05, 0.1) is 18.1 Å². The van der Waals surface area contributed by atoms with Crippen LogP contribution in [0.25, 0.3) is 0 Å². The standard InChI is InChI=1S/C15H17BrO4/c1-2-20-13-7-6-9(16)8-12(13)14(17)10-4-3-5-11(10)15(18)19/h6-8,10-11H,2-5H2,1H3,(H,18,19). The summed E-state index contributed by atoms with van der Waals surface area (Å²) in [6.07, 6.45) is 1.99. The second-order valence-corrected chi connectivity index (χ2v) is 5.84. The van der Waals surface area contributed by atoms with Crippen LogP contribution < -0.4 is 4.74 Å². The maximum Gasteiger partial charge on any atom is 0.307 e. The van der Waals surface area contributed by atoms with Crippen LogP contribution in [0, 0.1) is 11.8 Å². The number of carbonyl (C=O) groups is 2. The molecule has 1 N–H and O–H groups in total. The average Bonchev–Trinajstić information content (AvgIpc) is 2.89. The quantitative estimate of drug-likeness (QED) is 0.832. The fourth-order valence-corrected chi connectivity index (χ4v) is 3.11. The molecule has 5 heteroatoms. The first-order chi connectivity index (χ1) is 9.54. The van der Waals surface area contributed by atoms with Gasteiger partial charge in [0, 0.05) is 10.4 Å². The van der Waals surface area contributed by atoms with Crippen molar-refractivity contribution in [3.05, 3.63) is 28.2 Å². The number of rotatable bonds is 5. The van der Waals surface area contributed by atoms with Gasteiger partial charge in [-0.3, -0.25) is 9.59 Å². The maximum atomic E-state index is 12.6. The molecule has 1 fully saturated rings. The van der Waals surface area contributed by atoms with Gasteiger partial charge < -0.3 is 9.84 Å². The number of ketones is 1. The lowest BCUT2D eigenvalue weighted by Crippen LogP contribution is -2.25. The number of carboxylic acid groups (broad SMARTS) is 1. The minimum absolute atomic E-state index is 0.125. The van der Waals surface area contributed by atoms with Crippen molar-refractivity contribution in [2.24, 2.45) is 11.8 Å². The molecule has 0 heterocycles. The number of halogens is 1. The predicted molar refractivity (Wildman–Crippen MR) is 78.1 cm³/mol. The maximum absolute atomic E-state index is 12.6. The molecule has 0 aliphatic heterocycles. The van der Waals surface area contributed by atoms with Crippen LogP contribution in [0.2, 0.25) is 0 Å². The predicted octanol–water partition coefficient (Wildman–Crippen LogP) is 3.53. The third-order valence-electron chi connectivity index (χ3n) is 3.68. The van der Waals surface area contributed by atoms with Crippen LogP contribution in [0.1, 0.15) is 36.5 Å². The van der Waals surface area contributed by atoms with E-state index >= 15 is 0 Å². The first-order valence-corrected chi connectivity index (χ1v) is 7.53. The molecule has 20 heavy (non-hydrogen) atoms. The summed E-state index contributed by atoms with van der Waals surface area (Å²) < 4.78 is 6.27. The summed E-state index contributed by atoms with van der Waals surface area (Å²) in [5, 5.41) is 9.21. The molecule has 0 spiro atoms. The second-order valence-electron chi connectivity index (χ2n) is 4.92. The summed E-state index contributed by atoms with van der Waals surface area (Å²) in [6, 6.07) is 5.27. The Bertz CT molecular complexity index is 527. The van der Waals surface area contributed by atoms with Crippen molar-refractivity contribution in [3.63, 3.8) is 0 Å². The summed E-state index contributed by atoms with van der Waals surface area (Å²) in [4.78, 5) is 23.9. The number of Topliss-reactive ketones (excluding diaryl/α,β-unsaturated/α-hetero) is 1. The van der Waals surface area contributed by atoms with Gasteiger partial charge in [-0.1, -0.05) is 22.4 Å². The first-order valence-electron chi connectivity index (χ1n) is 6.74. The second kappa shape index (κ2) is 6.39. The van der Waals surface area contributed by atoms with Crippen molar-refractivity contribution in [3.8, 4) is 5.75 Å². The van der Waals surface area contributed by atoms with Crippen molar-refractivity contribution in [1.29, 1.82) is 0 Å². The van der Waals surface area contributed by atoms with Crippen LogP contribution >= 0.6 is 15.9 Å². The zero-order valence-electron chi connectivity index (χ0n) is 11.3. The number of carboxylic acids is 1. The highest BCUT2D eigenvalue weighted by Gasteiger charge is 2.38. The molecular formula is C15H17BrO4. The molecule has 2 unspecified atom stereocenters. The number of hydrogen-bond donors (Lipinski definition) is 1. The fraction of sp³-hybridized carbons (Fsp3) is 0.467. The van der Waals surface area contributed by atoms with Gasteiger partial charge in [-0.15, -0.1) is 0 Å². The van der Waals surface area contributed by atoms with Gasteiger partial charge in [-0.25, -0.2) is 0 Å². The number of carbonyl (C=O) groups excluding carboxylic acids is 1. The van der Waals surface area contributed by atoms with E-state index in [1.807, 2.05) is 13.0 Å². The lowest BCUT2D eigenvalue weighted by molar-refractivity contribution is -0.142. The van der Waals surface area contributed by atoms with Gasteiger partial charge in [0.15, 0.2) is 5.78 Å². The highest BCUT2D eigenvalue weighted by molar-refractivity contribution is 9.10. The van der Waals surface area contributed by atoms with Crippen molar-refractivity contribution < 1.29 is 19.4 Å². The minimum atomic E-state index is -0.881. The molecule has 0 radical (unpaired) electrons. The lowest BCUT2D eigenvalue weighted by Gasteiger charge is -2.17. The van der Waals surface area contributed by atoms with E-state index in [-0.39, 0.29) is 5.78 Å². The minimum Gasteiger partial charge on any atom is -0.493 e. The molecule has 1 aromatic carbocycles. The van der Waals surface area contributed by atoms with E-state index in [0.29, 0.717) is 30.8 Å². The van der Waals surface area contributed by atoms with Gasteiger partial charge >= 0.3 is 5.97 Å². The largest absolute Gasteiger partial charge is 0.493 e. The molecule has 1 aliphatic rings. The Morgan fingerprint density at radius 2 is 2.05 bits per heavy atom. The Morgan fingerprint density at radius 3 is 2.70 bits per heavy atom. The zero-order valence-corrected chi connectivity index (χ0v) is 12.9. The molecule has 1 aromatic rings. The highest BCUT2D eigenvalue weighted by atomic mass is 79.9. The number of hydrogen-bond acceptors (Lipinski definition) is 3. The summed E-state index contributed by atoms with van der Waals surface area (Å²) in [5.41, 5.74) is 0.472. The molecular weight excluding hydrogens is 324 g/mol. The third kappa shape index (κ3) is 3.03. The van der Waals surface area contributed by atoms with E-state index in [1.54, 1.807) is 12.1 Å². The summed E-state index contributed by atoms with van der Waals surface area (Å²) in [5.74, 6) is -1.50. The van der Waals surface area contributed by atoms with Crippen molar-refractivity contribution in [2.75, 3.05) is 6.61 Å². The van der Waals surface area contributed by atoms with Gasteiger partial charge in [0.2, 0.25) is 0 Å². The van der Waals surface area contributed by atoms with Crippen LogP contribution in [-0.4, -0.2) is 23.5 Å². The van der Waals surface area contributed by atoms with Crippen LogP contribution in [0.3, 0.4) is 0 Å². The Hall–Kier alpha value is -1.36. The van der Waals surface area contributed by atoms with E-state index < -0.39 is 17.8 Å². The van der Waals surface area contributed by atoms with Crippen molar-refractivity contribution >= 4 is 27.7 Å². The molecule has 2 rings (SSSR count). The fourth-order valence-electron chi connectivity index (χ4n) is 2.75. The Labute approximate surface area is 126 Å². The number of benzene rings is 1. The molecule has 1 saturated carbocycles. The molecule has 0 bridgehead atoms. The molecule has 0 saturated heterocycles.